The van der Waals surface area contributed by atoms with Crippen LogP contribution < -0.4 is 5.19 Å². The molecule has 1 aromatic rings. The highest BCUT2D eigenvalue weighted by Crippen LogP contribution is 2.18. The van der Waals surface area contributed by atoms with Gasteiger partial charge in [0.25, 0.3) is 0 Å². The third kappa shape index (κ3) is 2.92. The summed E-state index contributed by atoms with van der Waals surface area (Å²) in [5.41, 5.74) is 0. The van der Waals surface area contributed by atoms with Gasteiger partial charge in [0.15, 0.2) is 0 Å². The molecule has 0 aliphatic heterocycles. The van der Waals surface area contributed by atoms with Gasteiger partial charge in [0, 0.05) is 11.1 Å². The third-order valence-electron chi connectivity index (χ3n) is 2.93. The number of hydrogen-bond acceptors (Lipinski definition) is 1. The van der Waals surface area contributed by atoms with E-state index in [-0.39, 0.29) is 0 Å². The summed E-state index contributed by atoms with van der Waals surface area (Å²) in [7, 11) is -1.66. The molecule has 0 radical (unpaired) electrons. The number of hydrogen-bond donors (Lipinski definition) is 0. The summed E-state index contributed by atoms with van der Waals surface area (Å²) in [6, 6.07) is 10.9. The Morgan fingerprint density at radius 2 is 1.60 bits per heavy atom. The van der Waals surface area contributed by atoms with Crippen molar-refractivity contribution < 1.29 is 4.43 Å². The Labute approximate surface area is 102 Å². The van der Waals surface area contributed by atoms with Crippen LogP contribution in [0.1, 0.15) is 20.8 Å². The molecule has 1 nitrogen and oxygen atoms in total. The minimum absolute atomic E-state index is 0.823. The number of benzene rings is 1. The second-order valence-corrected chi connectivity index (χ2v) is 8.83. The van der Waals surface area contributed by atoms with Gasteiger partial charge in [-0.1, -0.05) is 41.9 Å². The highest BCUT2D eigenvalue weighted by molar-refractivity contribution is 9.10. The van der Waals surface area contributed by atoms with Gasteiger partial charge >= 0.3 is 0 Å². The molecule has 3 heteroatoms. The van der Waals surface area contributed by atoms with E-state index in [4.69, 9.17) is 4.43 Å². The lowest BCUT2D eigenvalue weighted by Gasteiger charge is -2.29. The molecule has 1 rings (SSSR count). The van der Waals surface area contributed by atoms with Crippen molar-refractivity contribution in [2.24, 2.45) is 0 Å². The van der Waals surface area contributed by atoms with Gasteiger partial charge in [0.05, 0.1) is 0 Å². The van der Waals surface area contributed by atoms with Crippen LogP contribution in [0.4, 0.5) is 0 Å². The van der Waals surface area contributed by atoms with E-state index in [1.165, 1.54) is 5.19 Å². The van der Waals surface area contributed by atoms with E-state index < -0.39 is 8.32 Å². The third-order valence-corrected chi connectivity index (χ3v) is 7.97. The van der Waals surface area contributed by atoms with Crippen molar-refractivity contribution in [1.29, 1.82) is 0 Å². The second kappa shape index (κ2) is 5.82. The fraction of sp³-hybridized carbons (Fsp3) is 0.500. The van der Waals surface area contributed by atoms with Gasteiger partial charge in [-0.05, 0) is 36.3 Å². The van der Waals surface area contributed by atoms with E-state index in [1.807, 2.05) is 0 Å². The lowest BCUT2D eigenvalue weighted by atomic mass is 10.4. The zero-order chi connectivity index (χ0) is 11.3. The first-order valence-electron chi connectivity index (χ1n) is 5.58. The Bertz CT molecular complexity index is 293. The fourth-order valence-electron chi connectivity index (χ4n) is 1.98. The molecule has 0 fully saturated rings. The topological polar surface area (TPSA) is 9.23 Å². The monoisotopic (exact) mass is 286 g/mol. The quantitative estimate of drug-likeness (QED) is 0.751. The Morgan fingerprint density at radius 1 is 1.07 bits per heavy atom. The molecule has 1 aromatic carbocycles. The first-order valence-corrected chi connectivity index (χ1v) is 8.70. The Morgan fingerprint density at radius 3 is 2.00 bits per heavy atom. The molecule has 0 saturated heterocycles. The molecule has 0 unspecified atom stereocenters. The van der Waals surface area contributed by atoms with Crippen molar-refractivity contribution in [3.63, 3.8) is 0 Å². The van der Waals surface area contributed by atoms with E-state index in [0.29, 0.717) is 0 Å². The van der Waals surface area contributed by atoms with Crippen molar-refractivity contribution in [1.82, 2.24) is 0 Å². The minimum Gasteiger partial charge on any atom is -0.413 e. The van der Waals surface area contributed by atoms with Crippen LogP contribution in [-0.2, 0) is 4.43 Å². The zero-order valence-corrected chi connectivity index (χ0v) is 12.3. The van der Waals surface area contributed by atoms with Crippen molar-refractivity contribution >= 4 is 29.4 Å². The average Bonchev–Trinajstić information content (AvgIpc) is 2.27. The van der Waals surface area contributed by atoms with Gasteiger partial charge < -0.3 is 4.43 Å². The van der Waals surface area contributed by atoms with Crippen LogP contribution in [0.5, 0.6) is 0 Å². The van der Waals surface area contributed by atoms with Gasteiger partial charge in [-0.3, -0.25) is 0 Å². The van der Waals surface area contributed by atoms with Gasteiger partial charge in [-0.25, -0.2) is 0 Å². The summed E-state index contributed by atoms with van der Waals surface area (Å²) >= 11 is 3.47. The second-order valence-electron chi connectivity index (χ2n) is 3.64. The summed E-state index contributed by atoms with van der Waals surface area (Å²) < 4.78 is 7.21. The first kappa shape index (κ1) is 12.9. The van der Waals surface area contributed by atoms with Crippen molar-refractivity contribution in [2.75, 3.05) is 6.61 Å². The average molecular weight is 287 g/mol. The van der Waals surface area contributed by atoms with Crippen LogP contribution in [0, 0.1) is 0 Å². The summed E-state index contributed by atoms with van der Waals surface area (Å²) in [4.78, 5) is 0. The molecule has 0 aliphatic carbocycles. The van der Waals surface area contributed by atoms with Crippen LogP contribution in [0.2, 0.25) is 12.1 Å². The Balaban J connectivity index is 3.02. The van der Waals surface area contributed by atoms with Crippen molar-refractivity contribution in [3.8, 4) is 0 Å². The summed E-state index contributed by atoms with van der Waals surface area (Å²) in [6.45, 7) is 7.40. The first-order chi connectivity index (χ1) is 7.18. The van der Waals surface area contributed by atoms with Crippen LogP contribution in [0.3, 0.4) is 0 Å². The van der Waals surface area contributed by atoms with Crippen LogP contribution >= 0.6 is 15.9 Å². The minimum atomic E-state index is -1.66. The number of rotatable bonds is 5. The van der Waals surface area contributed by atoms with E-state index in [1.54, 1.807) is 0 Å². The highest BCUT2D eigenvalue weighted by atomic mass is 79.9. The van der Waals surface area contributed by atoms with Crippen molar-refractivity contribution in [3.05, 3.63) is 28.7 Å². The molecule has 0 spiro atoms. The van der Waals surface area contributed by atoms with Crippen LogP contribution in [-0.4, -0.2) is 14.9 Å². The summed E-state index contributed by atoms with van der Waals surface area (Å²) in [6.07, 6.45) is 0. The molecule has 0 atom stereocenters. The lowest BCUT2D eigenvalue weighted by Crippen LogP contribution is -2.49. The molecule has 0 aromatic heterocycles. The predicted molar refractivity (Wildman–Crippen MR) is 72.1 cm³/mol. The SMILES string of the molecule is CCO[Si](CC)(CC)c1ccc(Br)cc1. The molecule has 0 heterocycles. The lowest BCUT2D eigenvalue weighted by molar-refractivity contribution is 0.330. The molecule has 0 saturated carbocycles. The molecule has 15 heavy (non-hydrogen) atoms. The largest absolute Gasteiger partial charge is 0.413 e. The smallest absolute Gasteiger partial charge is 0.223 e. The molecule has 0 bridgehead atoms. The van der Waals surface area contributed by atoms with Gasteiger partial charge in [-0.15, -0.1) is 0 Å². The molecule has 0 N–H and O–H groups in total. The predicted octanol–water partition coefficient (Wildman–Crippen LogP) is 3.68. The van der Waals surface area contributed by atoms with Gasteiger partial charge in [-0.2, -0.15) is 0 Å². The standard InChI is InChI=1S/C12H19BrOSi/c1-4-14-15(5-2,6-3)12-9-7-11(13)8-10-12/h7-10H,4-6H2,1-3H3. The number of halogens is 1. The zero-order valence-electron chi connectivity index (χ0n) is 9.72. The maximum Gasteiger partial charge on any atom is 0.223 e. The fourth-order valence-corrected chi connectivity index (χ4v) is 5.46. The highest BCUT2D eigenvalue weighted by Gasteiger charge is 2.32. The Kier molecular flexibility index (Phi) is 5.03. The molecular weight excluding hydrogens is 268 g/mol. The molecule has 0 aliphatic rings. The maximum atomic E-state index is 6.08. The molecule has 0 amide bonds. The van der Waals surface area contributed by atoms with E-state index >= 15 is 0 Å². The molecular formula is C12H19BrOSi. The van der Waals surface area contributed by atoms with E-state index in [9.17, 15) is 0 Å². The van der Waals surface area contributed by atoms with E-state index in [2.05, 4.69) is 61.0 Å². The molecule has 84 valence electrons. The van der Waals surface area contributed by atoms with Gasteiger partial charge in [0.1, 0.15) is 0 Å². The normalized spacial score (nSPS) is 11.7. The van der Waals surface area contributed by atoms with E-state index in [0.717, 1.165) is 23.2 Å². The van der Waals surface area contributed by atoms with Crippen molar-refractivity contribution in [2.45, 2.75) is 32.9 Å². The Hall–Kier alpha value is -0.123. The van der Waals surface area contributed by atoms with Gasteiger partial charge in [0.2, 0.25) is 8.32 Å². The summed E-state index contributed by atoms with van der Waals surface area (Å²) in [5, 5.41) is 1.41. The summed E-state index contributed by atoms with van der Waals surface area (Å²) in [5.74, 6) is 0. The van der Waals surface area contributed by atoms with Crippen LogP contribution in [0.15, 0.2) is 28.7 Å². The maximum absolute atomic E-state index is 6.08. The van der Waals surface area contributed by atoms with Crippen LogP contribution in [0.25, 0.3) is 0 Å².